The Morgan fingerprint density at radius 1 is 1.29 bits per heavy atom. The third-order valence-electron chi connectivity index (χ3n) is 5.97. The van der Waals surface area contributed by atoms with Crippen LogP contribution in [0.3, 0.4) is 0 Å². The van der Waals surface area contributed by atoms with Gasteiger partial charge in [-0.1, -0.05) is 36.7 Å². The van der Waals surface area contributed by atoms with E-state index in [0.29, 0.717) is 22.8 Å². The maximum atomic E-state index is 12.7. The molecule has 1 aromatic rings. The molecule has 1 aromatic carbocycles. The topological polar surface area (TPSA) is 122 Å². The number of hydrogen-bond acceptors (Lipinski definition) is 5. The van der Waals surface area contributed by atoms with E-state index in [2.05, 4.69) is 4.99 Å². The summed E-state index contributed by atoms with van der Waals surface area (Å²) < 4.78 is 5.55. The summed E-state index contributed by atoms with van der Waals surface area (Å²) in [5.74, 6) is -3.19. The van der Waals surface area contributed by atoms with Crippen molar-refractivity contribution in [2.24, 2.45) is 21.6 Å². The lowest BCUT2D eigenvalue weighted by Gasteiger charge is -2.51. The third-order valence-corrected chi connectivity index (χ3v) is 6.31. The van der Waals surface area contributed by atoms with E-state index in [9.17, 15) is 19.8 Å². The summed E-state index contributed by atoms with van der Waals surface area (Å²) in [5, 5.41) is 20.8. The van der Waals surface area contributed by atoms with Crippen LogP contribution >= 0.6 is 11.6 Å². The van der Waals surface area contributed by atoms with Gasteiger partial charge in [-0.05, 0) is 31.9 Å². The van der Waals surface area contributed by atoms with Crippen molar-refractivity contribution in [3.05, 3.63) is 34.9 Å². The second kappa shape index (κ2) is 8.59. The Hall–Kier alpha value is -1.96. The van der Waals surface area contributed by atoms with Gasteiger partial charge in [0.05, 0.1) is 19.3 Å². The van der Waals surface area contributed by atoms with Crippen LogP contribution in [0.15, 0.2) is 29.3 Å². The molecule has 0 amide bonds. The van der Waals surface area contributed by atoms with Crippen molar-refractivity contribution in [3.8, 4) is 0 Å². The Morgan fingerprint density at radius 3 is 2.43 bits per heavy atom. The van der Waals surface area contributed by atoms with E-state index >= 15 is 0 Å². The number of benzene rings is 1. The fraction of sp³-hybridized carbons (Fsp3) is 0.550. The highest BCUT2D eigenvalue weighted by atomic mass is 35.5. The van der Waals surface area contributed by atoms with Crippen molar-refractivity contribution in [2.45, 2.75) is 39.2 Å². The lowest BCUT2D eigenvalue weighted by atomic mass is 9.53. The summed E-state index contributed by atoms with van der Waals surface area (Å²) in [6, 6.07) is 6.02. The number of carboxylic acids is 2. The first-order valence-electron chi connectivity index (χ1n) is 9.21. The van der Waals surface area contributed by atoms with Crippen LogP contribution in [0.25, 0.3) is 0 Å². The zero-order valence-electron chi connectivity index (χ0n) is 16.3. The zero-order chi connectivity index (χ0) is 21.1. The van der Waals surface area contributed by atoms with Crippen molar-refractivity contribution in [1.82, 2.24) is 0 Å². The second-order valence-electron chi connectivity index (χ2n) is 7.25. The lowest BCUT2D eigenvalue weighted by Crippen LogP contribution is -2.60. The minimum absolute atomic E-state index is 0.0331. The van der Waals surface area contributed by atoms with Gasteiger partial charge in [-0.2, -0.15) is 0 Å². The van der Waals surface area contributed by atoms with Gasteiger partial charge in [0.1, 0.15) is 10.8 Å². The Balaban J connectivity index is 2.82. The van der Waals surface area contributed by atoms with Crippen molar-refractivity contribution >= 4 is 29.3 Å². The maximum Gasteiger partial charge on any atom is 0.315 e. The third kappa shape index (κ3) is 3.43. The Bertz CT molecular complexity index is 784. The highest BCUT2D eigenvalue weighted by Crippen LogP contribution is 2.57. The van der Waals surface area contributed by atoms with E-state index in [1.807, 2.05) is 0 Å². The predicted molar refractivity (Wildman–Crippen MR) is 107 cm³/mol. The minimum atomic E-state index is -1.54. The normalized spacial score (nSPS) is 30.0. The van der Waals surface area contributed by atoms with Crippen LogP contribution in [0.5, 0.6) is 0 Å². The van der Waals surface area contributed by atoms with Gasteiger partial charge in [0, 0.05) is 23.2 Å². The fourth-order valence-corrected chi connectivity index (χ4v) is 4.54. The molecule has 0 saturated carbocycles. The lowest BCUT2D eigenvalue weighted by molar-refractivity contribution is -0.161. The van der Waals surface area contributed by atoms with E-state index in [1.54, 1.807) is 38.1 Å². The van der Waals surface area contributed by atoms with Crippen molar-refractivity contribution in [1.29, 1.82) is 0 Å². The molecule has 154 valence electrons. The molecule has 0 unspecified atom stereocenters. The van der Waals surface area contributed by atoms with Gasteiger partial charge >= 0.3 is 11.9 Å². The van der Waals surface area contributed by atoms with Gasteiger partial charge in [0.25, 0.3) is 0 Å². The highest BCUT2D eigenvalue weighted by Gasteiger charge is 2.64. The van der Waals surface area contributed by atoms with Gasteiger partial charge in [-0.25, -0.2) is 0 Å². The molecule has 1 aliphatic rings. The van der Waals surface area contributed by atoms with E-state index in [1.165, 1.54) is 6.92 Å². The second-order valence-corrected chi connectivity index (χ2v) is 7.66. The quantitative estimate of drug-likeness (QED) is 0.566. The van der Waals surface area contributed by atoms with E-state index in [4.69, 9.17) is 22.1 Å². The number of rotatable bonds is 8. The van der Waals surface area contributed by atoms with Crippen LogP contribution in [0.1, 0.15) is 38.7 Å². The molecule has 0 bridgehead atoms. The first-order valence-corrected chi connectivity index (χ1v) is 9.59. The van der Waals surface area contributed by atoms with Crippen LogP contribution < -0.4 is 5.73 Å². The molecule has 0 spiro atoms. The average molecular weight is 411 g/mol. The minimum Gasteiger partial charge on any atom is -0.481 e. The maximum absolute atomic E-state index is 12.7. The molecule has 0 saturated heterocycles. The molecule has 4 N–H and O–H groups in total. The van der Waals surface area contributed by atoms with Gasteiger partial charge in [-0.3, -0.25) is 14.6 Å². The largest absolute Gasteiger partial charge is 0.481 e. The van der Waals surface area contributed by atoms with Gasteiger partial charge in [0.2, 0.25) is 0 Å². The number of carboxylic acid groups (broad SMARTS) is 2. The standard InChI is InChI=1S/C20H27ClN2O5/c1-4-20(18(26)27)15(11-28-10-9-22)23-12(2)19(3,17(24)25)16(20)13-7-5-6-8-14(13)21/h5-8,15-16H,4,9-11,22H2,1-3H3,(H,24,25)(H,26,27)/t15-,16+,19+,20+/m1/s1. The summed E-state index contributed by atoms with van der Waals surface area (Å²) in [4.78, 5) is 29.6. The number of nitrogens with zero attached hydrogens (tertiary/aromatic N) is 1. The van der Waals surface area contributed by atoms with E-state index in [-0.39, 0.29) is 19.6 Å². The molecule has 2 rings (SSSR count). The molecule has 0 aliphatic carbocycles. The number of aliphatic carboxylic acids is 2. The molecule has 8 heteroatoms. The van der Waals surface area contributed by atoms with Crippen molar-refractivity contribution in [3.63, 3.8) is 0 Å². The monoisotopic (exact) mass is 410 g/mol. The summed E-state index contributed by atoms with van der Waals surface area (Å²) in [7, 11) is 0. The van der Waals surface area contributed by atoms with Crippen LogP contribution in [0.2, 0.25) is 5.02 Å². The fourth-order valence-electron chi connectivity index (χ4n) is 4.30. The first-order chi connectivity index (χ1) is 13.2. The molecule has 1 aliphatic heterocycles. The van der Waals surface area contributed by atoms with Gasteiger partial charge in [-0.15, -0.1) is 0 Å². The van der Waals surface area contributed by atoms with Crippen LogP contribution in [0.4, 0.5) is 0 Å². The molecule has 0 fully saturated rings. The summed E-state index contributed by atoms with van der Waals surface area (Å²) >= 11 is 6.43. The number of carbonyl (C=O) groups is 2. The number of nitrogens with two attached hydrogens (primary N) is 1. The molecular weight excluding hydrogens is 384 g/mol. The Labute approximate surface area is 169 Å². The molecular formula is C20H27ClN2O5. The Kier molecular flexibility index (Phi) is 6.85. The summed E-state index contributed by atoms with van der Waals surface area (Å²) in [6.07, 6.45) is 0.161. The highest BCUT2D eigenvalue weighted by molar-refractivity contribution is 6.31. The molecule has 0 radical (unpaired) electrons. The van der Waals surface area contributed by atoms with E-state index in [0.717, 1.165) is 0 Å². The van der Waals surface area contributed by atoms with Gasteiger partial charge in [0.15, 0.2) is 0 Å². The van der Waals surface area contributed by atoms with Crippen LogP contribution in [-0.2, 0) is 14.3 Å². The van der Waals surface area contributed by atoms with Crippen LogP contribution in [-0.4, -0.2) is 53.7 Å². The number of hydrogen-bond donors (Lipinski definition) is 3. The van der Waals surface area contributed by atoms with Crippen molar-refractivity contribution < 1.29 is 24.5 Å². The molecule has 4 atom stereocenters. The van der Waals surface area contributed by atoms with E-state index < -0.39 is 34.7 Å². The summed E-state index contributed by atoms with van der Waals surface area (Å²) in [6.45, 7) is 5.46. The number of halogens is 1. The summed E-state index contributed by atoms with van der Waals surface area (Å²) in [5.41, 5.74) is 3.26. The first kappa shape index (κ1) is 22.3. The molecule has 1 heterocycles. The van der Waals surface area contributed by atoms with Crippen LogP contribution in [0, 0.1) is 10.8 Å². The average Bonchev–Trinajstić information content (AvgIpc) is 2.64. The zero-order valence-corrected chi connectivity index (χ0v) is 17.1. The number of ether oxygens (including phenoxy) is 1. The number of aliphatic imine (C=N–C) groups is 1. The molecule has 0 aromatic heterocycles. The Morgan fingerprint density at radius 2 is 1.93 bits per heavy atom. The SMILES string of the molecule is CC[C@]1(C(=O)O)[C@@H](COCCN)N=C(C)[C@](C)(C(=O)O)[C@@H]1c1ccccc1Cl. The molecule has 28 heavy (non-hydrogen) atoms. The smallest absolute Gasteiger partial charge is 0.315 e. The molecule has 7 nitrogen and oxygen atoms in total. The predicted octanol–water partition coefficient (Wildman–Crippen LogP) is 2.81. The van der Waals surface area contributed by atoms with Gasteiger partial charge < -0.3 is 20.7 Å². The van der Waals surface area contributed by atoms with Crippen molar-refractivity contribution in [2.75, 3.05) is 19.8 Å².